The molecule has 0 radical (unpaired) electrons. The van der Waals surface area contributed by atoms with Gasteiger partial charge in [0.25, 0.3) is 5.91 Å². The number of hydrogen-bond acceptors (Lipinski definition) is 3. The minimum absolute atomic E-state index is 0.00679. The highest BCUT2D eigenvalue weighted by molar-refractivity contribution is 6.30. The molecule has 0 saturated heterocycles. The lowest BCUT2D eigenvalue weighted by Crippen LogP contribution is -2.34. The van der Waals surface area contributed by atoms with E-state index < -0.39 is 0 Å². The van der Waals surface area contributed by atoms with Gasteiger partial charge < -0.3 is 5.32 Å². The molecule has 6 heteroatoms. The van der Waals surface area contributed by atoms with Gasteiger partial charge in [-0.2, -0.15) is 15.4 Å². The van der Waals surface area contributed by atoms with Gasteiger partial charge in [0.1, 0.15) is 0 Å². The van der Waals surface area contributed by atoms with Gasteiger partial charge >= 0.3 is 0 Å². The van der Waals surface area contributed by atoms with E-state index in [1.54, 1.807) is 0 Å². The molecule has 0 aliphatic carbocycles. The van der Waals surface area contributed by atoms with E-state index >= 15 is 0 Å². The number of rotatable bonds is 4. The monoisotopic (exact) mass is 264 g/mol. The molecule has 1 aromatic carbocycles. The molecule has 1 amide bonds. The molecule has 18 heavy (non-hydrogen) atoms. The summed E-state index contributed by atoms with van der Waals surface area (Å²) in [5.41, 5.74) is 1.36. The Morgan fingerprint density at radius 2 is 2.39 bits per heavy atom. The SMILES string of the molecule is CC(Cc1cccc(Cl)c1)NC(=O)c1cn[nH]n1. The summed E-state index contributed by atoms with van der Waals surface area (Å²) in [6.45, 7) is 1.93. The average molecular weight is 265 g/mol. The van der Waals surface area contributed by atoms with Crippen molar-refractivity contribution >= 4 is 17.5 Å². The second kappa shape index (κ2) is 5.64. The van der Waals surface area contributed by atoms with Gasteiger partial charge in [0.05, 0.1) is 6.20 Å². The van der Waals surface area contributed by atoms with Crippen LogP contribution >= 0.6 is 11.6 Å². The van der Waals surface area contributed by atoms with E-state index in [2.05, 4.69) is 20.7 Å². The van der Waals surface area contributed by atoms with Crippen LogP contribution in [0.25, 0.3) is 0 Å². The van der Waals surface area contributed by atoms with Crippen molar-refractivity contribution in [3.63, 3.8) is 0 Å². The number of H-pyrrole nitrogens is 1. The summed E-state index contributed by atoms with van der Waals surface area (Å²) in [7, 11) is 0. The van der Waals surface area contributed by atoms with Gasteiger partial charge in [-0.3, -0.25) is 4.79 Å². The molecule has 1 heterocycles. The minimum Gasteiger partial charge on any atom is -0.348 e. The Bertz CT molecular complexity index is 527. The zero-order chi connectivity index (χ0) is 13.0. The second-order valence-corrected chi connectivity index (χ2v) is 4.50. The third-order valence-electron chi connectivity index (χ3n) is 2.46. The Labute approximate surface area is 110 Å². The van der Waals surface area contributed by atoms with Crippen molar-refractivity contribution in [2.45, 2.75) is 19.4 Å². The van der Waals surface area contributed by atoms with Gasteiger partial charge in [-0.15, -0.1) is 0 Å². The Morgan fingerprint density at radius 3 is 3.06 bits per heavy atom. The first-order valence-corrected chi connectivity index (χ1v) is 5.94. The van der Waals surface area contributed by atoms with E-state index in [4.69, 9.17) is 11.6 Å². The van der Waals surface area contributed by atoms with Crippen LogP contribution in [-0.4, -0.2) is 27.4 Å². The van der Waals surface area contributed by atoms with Crippen molar-refractivity contribution in [3.8, 4) is 0 Å². The van der Waals surface area contributed by atoms with Gasteiger partial charge in [0.2, 0.25) is 0 Å². The van der Waals surface area contributed by atoms with Crippen LogP contribution in [-0.2, 0) is 6.42 Å². The third kappa shape index (κ3) is 3.30. The van der Waals surface area contributed by atoms with Crippen molar-refractivity contribution in [2.24, 2.45) is 0 Å². The number of carbonyl (C=O) groups excluding carboxylic acids is 1. The van der Waals surface area contributed by atoms with Gasteiger partial charge in [0.15, 0.2) is 5.69 Å². The molecule has 2 aromatic rings. The molecule has 0 aliphatic rings. The topological polar surface area (TPSA) is 70.7 Å². The Balaban J connectivity index is 1.93. The van der Waals surface area contributed by atoms with Crippen LogP contribution in [0.3, 0.4) is 0 Å². The summed E-state index contributed by atoms with van der Waals surface area (Å²) in [5, 5.41) is 13.3. The van der Waals surface area contributed by atoms with Crippen molar-refractivity contribution in [2.75, 3.05) is 0 Å². The summed E-state index contributed by atoms with van der Waals surface area (Å²) in [4.78, 5) is 11.7. The fourth-order valence-electron chi connectivity index (χ4n) is 1.68. The summed E-state index contributed by atoms with van der Waals surface area (Å²) in [5.74, 6) is -0.238. The quantitative estimate of drug-likeness (QED) is 0.885. The molecule has 2 rings (SSSR count). The van der Waals surface area contributed by atoms with Crippen molar-refractivity contribution < 1.29 is 4.79 Å². The molecule has 0 fully saturated rings. The van der Waals surface area contributed by atoms with Gasteiger partial charge in [-0.25, -0.2) is 0 Å². The lowest BCUT2D eigenvalue weighted by atomic mass is 10.1. The molecule has 0 bridgehead atoms. The van der Waals surface area contributed by atoms with Crippen LogP contribution < -0.4 is 5.32 Å². The molecule has 1 unspecified atom stereocenters. The molecule has 0 aliphatic heterocycles. The Hall–Kier alpha value is -1.88. The zero-order valence-electron chi connectivity index (χ0n) is 9.85. The number of benzene rings is 1. The molecule has 0 spiro atoms. The number of aromatic nitrogens is 3. The van der Waals surface area contributed by atoms with Crippen LogP contribution in [0.1, 0.15) is 23.0 Å². The number of nitrogens with zero attached hydrogens (tertiary/aromatic N) is 2. The number of carbonyl (C=O) groups is 1. The van der Waals surface area contributed by atoms with Crippen LogP contribution in [0, 0.1) is 0 Å². The minimum atomic E-state index is -0.238. The lowest BCUT2D eigenvalue weighted by molar-refractivity contribution is 0.0935. The number of halogens is 1. The molecule has 2 N–H and O–H groups in total. The molecule has 5 nitrogen and oxygen atoms in total. The summed E-state index contributed by atoms with van der Waals surface area (Å²) < 4.78 is 0. The van der Waals surface area contributed by atoms with E-state index in [0.29, 0.717) is 11.4 Å². The van der Waals surface area contributed by atoms with Gasteiger partial charge in [-0.1, -0.05) is 23.7 Å². The maximum Gasteiger partial charge on any atom is 0.273 e. The normalized spacial score (nSPS) is 12.1. The fourth-order valence-corrected chi connectivity index (χ4v) is 1.89. The zero-order valence-corrected chi connectivity index (χ0v) is 10.6. The molecule has 1 atom stereocenters. The maximum absolute atomic E-state index is 11.7. The molecule has 94 valence electrons. The highest BCUT2D eigenvalue weighted by Crippen LogP contribution is 2.12. The maximum atomic E-state index is 11.7. The summed E-state index contributed by atoms with van der Waals surface area (Å²) in [6.07, 6.45) is 2.10. The fraction of sp³-hybridized carbons (Fsp3) is 0.250. The first kappa shape index (κ1) is 12.6. The molecular weight excluding hydrogens is 252 g/mol. The van der Waals surface area contributed by atoms with Crippen molar-refractivity contribution in [3.05, 3.63) is 46.7 Å². The first-order chi connectivity index (χ1) is 8.65. The number of hydrogen-bond donors (Lipinski definition) is 2. The number of amides is 1. The summed E-state index contributed by atoms with van der Waals surface area (Å²) in [6, 6.07) is 7.58. The van der Waals surface area contributed by atoms with Crippen LogP contribution in [0.4, 0.5) is 0 Å². The Kier molecular flexibility index (Phi) is 3.94. The lowest BCUT2D eigenvalue weighted by Gasteiger charge is -2.12. The largest absolute Gasteiger partial charge is 0.348 e. The van der Waals surface area contributed by atoms with E-state index in [1.165, 1.54) is 6.20 Å². The van der Waals surface area contributed by atoms with Crippen molar-refractivity contribution in [1.82, 2.24) is 20.7 Å². The van der Waals surface area contributed by atoms with E-state index in [-0.39, 0.29) is 17.6 Å². The second-order valence-electron chi connectivity index (χ2n) is 4.06. The van der Waals surface area contributed by atoms with E-state index in [9.17, 15) is 4.79 Å². The molecule has 1 aromatic heterocycles. The predicted octanol–water partition coefficient (Wildman–Crippen LogP) is 1.82. The predicted molar refractivity (Wildman–Crippen MR) is 68.5 cm³/mol. The number of nitrogens with one attached hydrogen (secondary N) is 2. The highest BCUT2D eigenvalue weighted by Gasteiger charge is 2.12. The van der Waals surface area contributed by atoms with E-state index in [0.717, 1.165) is 5.56 Å². The van der Waals surface area contributed by atoms with E-state index in [1.807, 2.05) is 31.2 Å². The van der Waals surface area contributed by atoms with Crippen LogP contribution in [0.5, 0.6) is 0 Å². The number of aromatic amines is 1. The van der Waals surface area contributed by atoms with Gasteiger partial charge in [-0.05, 0) is 31.0 Å². The Morgan fingerprint density at radius 1 is 1.56 bits per heavy atom. The first-order valence-electron chi connectivity index (χ1n) is 5.56. The molecule has 0 saturated carbocycles. The van der Waals surface area contributed by atoms with Gasteiger partial charge in [0, 0.05) is 11.1 Å². The smallest absolute Gasteiger partial charge is 0.273 e. The van der Waals surface area contributed by atoms with Crippen LogP contribution in [0.2, 0.25) is 5.02 Å². The summed E-state index contributed by atoms with van der Waals surface area (Å²) >= 11 is 5.91. The van der Waals surface area contributed by atoms with Crippen LogP contribution in [0.15, 0.2) is 30.5 Å². The van der Waals surface area contributed by atoms with Crippen molar-refractivity contribution in [1.29, 1.82) is 0 Å². The standard InChI is InChI=1S/C12H13ClN4O/c1-8(5-9-3-2-4-10(13)6-9)15-12(18)11-7-14-17-16-11/h2-4,6-8H,5H2,1H3,(H,15,18)(H,14,16,17). The average Bonchev–Trinajstić information content (AvgIpc) is 2.81. The molecular formula is C12H13ClN4O. The highest BCUT2D eigenvalue weighted by atomic mass is 35.5. The third-order valence-corrected chi connectivity index (χ3v) is 2.69.